The third-order valence-electron chi connectivity index (χ3n) is 3.40. The van der Waals surface area contributed by atoms with E-state index in [1.165, 1.54) is 6.07 Å². The topological polar surface area (TPSA) is 70.6 Å². The van der Waals surface area contributed by atoms with Crippen LogP contribution in [0.4, 0.5) is 14.9 Å². The van der Waals surface area contributed by atoms with Gasteiger partial charge in [0.15, 0.2) is 0 Å². The number of ether oxygens (including phenoxy) is 1. The maximum absolute atomic E-state index is 14.2. The maximum Gasteiger partial charge on any atom is 0.411 e. The van der Waals surface area contributed by atoms with Gasteiger partial charge in [-0.05, 0) is 59.0 Å². The van der Waals surface area contributed by atoms with Crippen LogP contribution in [0.5, 0.6) is 0 Å². The fourth-order valence-electron chi connectivity index (χ4n) is 1.97. The number of aliphatic hydroxyl groups is 1. The Morgan fingerprint density at radius 2 is 2.17 bits per heavy atom. The molecule has 0 radical (unpaired) electrons. The summed E-state index contributed by atoms with van der Waals surface area (Å²) in [6, 6.07) is 3.39. The summed E-state index contributed by atoms with van der Waals surface area (Å²) in [5.41, 5.74) is 0.562. The quantitative estimate of drug-likeness (QED) is 0.573. The van der Waals surface area contributed by atoms with Crippen molar-refractivity contribution in [2.24, 2.45) is 5.92 Å². The normalized spacial score (nSPS) is 15.6. The molecule has 0 aliphatic heterocycles. The number of amides is 1. The highest BCUT2D eigenvalue weighted by Crippen LogP contribution is 2.27. The van der Waals surface area contributed by atoms with E-state index in [9.17, 15) is 14.3 Å². The van der Waals surface area contributed by atoms with Crippen LogP contribution in [0.2, 0.25) is 0 Å². The molecule has 1 fully saturated rings. The van der Waals surface area contributed by atoms with Crippen LogP contribution in [0.1, 0.15) is 38.4 Å². The predicted molar refractivity (Wildman–Crippen MR) is 94.9 cm³/mol. The van der Waals surface area contributed by atoms with Crippen molar-refractivity contribution in [2.75, 3.05) is 18.5 Å². The summed E-state index contributed by atoms with van der Waals surface area (Å²) in [7, 11) is 0. The number of carbonyl (C=O) groups is 1. The van der Waals surface area contributed by atoms with Gasteiger partial charge in [-0.1, -0.05) is 13.8 Å². The lowest BCUT2D eigenvalue weighted by Crippen LogP contribution is -2.23. The molecule has 128 valence electrons. The van der Waals surface area contributed by atoms with Crippen molar-refractivity contribution < 1.29 is 19.0 Å². The number of aliphatic hydroxyl groups excluding tert-OH is 1. The van der Waals surface area contributed by atoms with Crippen molar-refractivity contribution >= 4 is 34.4 Å². The summed E-state index contributed by atoms with van der Waals surface area (Å²) in [6.45, 7) is 4.50. The number of anilines is 1. The molecular formula is C16H22FIN2O3. The predicted octanol–water partition coefficient (Wildman–Crippen LogP) is 3.42. The summed E-state index contributed by atoms with van der Waals surface area (Å²) >= 11 is 1.93. The third-order valence-corrected chi connectivity index (χ3v) is 4.25. The smallest absolute Gasteiger partial charge is 0.411 e. The van der Waals surface area contributed by atoms with E-state index in [0.717, 1.165) is 12.8 Å². The van der Waals surface area contributed by atoms with Crippen molar-refractivity contribution in [1.29, 1.82) is 0 Å². The monoisotopic (exact) mass is 436 g/mol. The minimum Gasteiger partial charge on any atom is -0.449 e. The van der Waals surface area contributed by atoms with Crippen LogP contribution in [0, 0.1) is 15.3 Å². The van der Waals surface area contributed by atoms with Crippen molar-refractivity contribution in [3.05, 3.63) is 27.1 Å². The number of carbonyl (C=O) groups excluding carboxylic acids is 1. The van der Waals surface area contributed by atoms with E-state index in [2.05, 4.69) is 10.6 Å². The SMILES string of the molecule is CC(C)COC(=O)Nc1c(F)cc(C(O)CNC2CC2)cc1I. The Morgan fingerprint density at radius 3 is 2.74 bits per heavy atom. The molecular weight excluding hydrogens is 414 g/mol. The molecule has 1 saturated carbocycles. The summed E-state index contributed by atoms with van der Waals surface area (Å²) < 4.78 is 19.7. The Morgan fingerprint density at radius 1 is 1.48 bits per heavy atom. The Balaban J connectivity index is 1.99. The lowest BCUT2D eigenvalue weighted by atomic mass is 10.1. The van der Waals surface area contributed by atoms with E-state index in [1.807, 2.05) is 36.4 Å². The van der Waals surface area contributed by atoms with Crippen LogP contribution >= 0.6 is 22.6 Å². The molecule has 0 bridgehead atoms. The molecule has 1 unspecified atom stereocenters. The minimum atomic E-state index is -0.777. The number of nitrogens with one attached hydrogen (secondary N) is 2. The van der Waals surface area contributed by atoms with Gasteiger partial charge in [0.25, 0.3) is 0 Å². The largest absolute Gasteiger partial charge is 0.449 e. The van der Waals surface area contributed by atoms with Gasteiger partial charge in [-0.15, -0.1) is 0 Å². The molecule has 1 atom stereocenters. The average Bonchev–Trinajstić information content (AvgIpc) is 3.30. The molecule has 1 aromatic carbocycles. The van der Waals surface area contributed by atoms with Crippen molar-refractivity contribution in [1.82, 2.24) is 5.32 Å². The second-order valence-corrected chi connectivity index (χ2v) is 7.34. The lowest BCUT2D eigenvalue weighted by molar-refractivity contribution is 0.147. The van der Waals surface area contributed by atoms with Gasteiger partial charge in [-0.2, -0.15) is 0 Å². The highest BCUT2D eigenvalue weighted by atomic mass is 127. The lowest BCUT2D eigenvalue weighted by Gasteiger charge is -2.15. The van der Waals surface area contributed by atoms with Crippen LogP contribution in [-0.4, -0.2) is 30.4 Å². The fraction of sp³-hybridized carbons (Fsp3) is 0.562. The number of benzene rings is 1. The van der Waals surface area contributed by atoms with Gasteiger partial charge in [-0.3, -0.25) is 5.32 Å². The molecule has 1 aliphatic rings. The van der Waals surface area contributed by atoms with E-state index < -0.39 is 18.0 Å². The standard InChI is InChI=1S/C16H22FIN2O3/c1-9(2)8-23-16(22)20-15-12(17)5-10(6-13(15)18)14(21)7-19-11-3-4-11/h5-6,9,11,14,19,21H,3-4,7-8H2,1-2H3,(H,20,22). The van der Waals surface area contributed by atoms with E-state index in [4.69, 9.17) is 4.74 Å². The molecule has 3 N–H and O–H groups in total. The first-order chi connectivity index (χ1) is 10.9. The molecule has 1 aromatic rings. The Kier molecular flexibility index (Phi) is 6.60. The molecule has 0 spiro atoms. The van der Waals surface area contributed by atoms with Crippen molar-refractivity contribution in [3.63, 3.8) is 0 Å². The van der Waals surface area contributed by atoms with Gasteiger partial charge in [0.1, 0.15) is 5.82 Å². The zero-order valence-corrected chi connectivity index (χ0v) is 15.4. The summed E-state index contributed by atoms with van der Waals surface area (Å²) in [5, 5.41) is 15.7. The number of hydrogen-bond acceptors (Lipinski definition) is 4. The van der Waals surface area contributed by atoms with Gasteiger partial charge in [0.2, 0.25) is 0 Å². The Bertz CT molecular complexity index is 541. The first kappa shape index (κ1) is 18.4. The molecule has 7 heteroatoms. The third kappa shape index (κ3) is 5.89. The number of hydrogen-bond donors (Lipinski definition) is 3. The fourth-order valence-corrected chi connectivity index (χ4v) is 2.72. The van der Waals surface area contributed by atoms with Crippen LogP contribution in [-0.2, 0) is 4.74 Å². The molecule has 2 rings (SSSR count). The molecule has 0 saturated heterocycles. The minimum absolute atomic E-state index is 0.0745. The highest BCUT2D eigenvalue weighted by Gasteiger charge is 2.22. The first-order valence-electron chi connectivity index (χ1n) is 7.71. The van der Waals surface area contributed by atoms with E-state index >= 15 is 0 Å². The number of halogens is 2. The van der Waals surface area contributed by atoms with Gasteiger partial charge >= 0.3 is 6.09 Å². The second-order valence-electron chi connectivity index (χ2n) is 6.18. The zero-order chi connectivity index (χ0) is 17.0. The van der Waals surface area contributed by atoms with E-state index in [1.54, 1.807) is 6.07 Å². The molecule has 23 heavy (non-hydrogen) atoms. The van der Waals surface area contributed by atoms with Crippen molar-refractivity contribution in [3.8, 4) is 0 Å². The second kappa shape index (κ2) is 8.25. The first-order valence-corrected chi connectivity index (χ1v) is 8.79. The summed E-state index contributed by atoms with van der Waals surface area (Å²) in [6.07, 6.45) is 0.791. The molecule has 0 heterocycles. The highest BCUT2D eigenvalue weighted by molar-refractivity contribution is 14.1. The Hall–Kier alpha value is -0.930. The van der Waals surface area contributed by atoms with Crippen LogP contribution in [0.25, 0.3) is 0 Å². The van der Waals surface area contributed by atoms with Gasteiger partial charge < -0.3 is 15.2 Å². The van der Waals surface area contributed by atoms with Crippen molar-refractivity contribution in [2.45, 2.75) is 38.8 Å². The number of rotatable bonds is 7. The molecule has 5 nitrogen and oxygen atoms in total. The summed E-state index contributed by atoms with van der Waals surface area (Å²) in [4.78, 5) is 11.7. The van der Waals surface area contributed by atoms with Gasteiger partial charge in [0.05, 0.1) is 18.4 Å². The van der Waals surface area contributed by atoms with Gasteiger partial charge in [-0.25, -0.2) is 9.18 Å². The molecule has 0 aromatic heterocycles. The average molecular weight is 436 g/mol. The molecule has 1 amide bonds. The molecule has 1 aliphatic carbocycles. The van der Waals surface area contributed by atoms with Gasteiger partial charge in [0, 0.05) is 16.2 Å². The van der Waals surface area contributed by atoms with E-state index in [0.29, 0.717) is 21.7 Å². The summed E-state index contributed by atoms with van der Waals surface area (Å²) in [5.74, 6) is -0.375. The zero-order valence-electron chi connectivity index (χ0n) is 13.2. The maximum atomic E-state index is 14.2. The van der Waals surface area contributed by atoms with Crippen LogP contribution < -0.4 is 10.6 Å². The van der Waals surface area contributed by atoms with E-state index in [-0.39, 0.29) is 18.2 Å². The Labute approximate surface area is 149 Å². The van der Waals surface area contributed by atoms with Crippen LogP contribution in [0.15, 0.2) is 12.1 Å². The van der Waals surface area contributed by atoms with Crippen LogP contribution in [0.3, 0.4) is 0 Å².